The average Bonchev–Trinajstić information content (AvgIpc) is 2.42. The zero-order chi connectivity index (χ0) is 15.7. The van der Waals surface area contributed by atoms with Crippen LogP contribution in [-0.4, -0.2) is 17.2 Å². The Bertz CT molecular complexity index is 757. The number of ether oxygens (including phenoxy) is 1. The van der Waals surface area contributed by atoms with Crippen LogP contribution in [-0.2, 0) is 11.2 Å². The lowest BCUT2D eigenvalue weighted by molar-refractivity contribution is -0.144. The Morgan fingerprint density at radius 1 is 1.33 bits per heavy atom. The summed E-state index contributed by atoms with van der Waals surface area (Å²) in [5.41, 5.74) is 2.28. The smallest absolute Gasteiger partial charge is 0.344 e. The van der Waals surface area contributed by atoms with Crippen molar-refractivity contribution in [3.63, 3.8) is 0 Å². The second kappa shape index (κ2) is 5.60. The molecule has 1 heterocycles. The first-order valence-electron chi connectivity index (χ1n) is 6.82. The molecular weight excluding hydrogens is 272 g/mol. The zero-order valence-electron chi connectivity index (χ0n) is 12.5. The molecule has 5 heteroatoms. The van der Waals surface area contributed by atoms with Crippen molar-refractivity contribution in [2.45, 2.75) is 40.2 Å². The van der Waals surface area contributed by atoms with E-state index in [2.05, 4.69) is 0 Å². The van der Waals surface area contributed by atoms with Gasteiger partial charge in [0, 0.05) is 16.5 Å². The lowest BCUT2D eigenvalue weighted by Crippen LogP contribution is -2.23. The minimum Gasteiger partial charge on any atom is -0.479 e. The highest BCUT2D eigenvalue weighted by molar-refractivity contribution is 5.85. The molecule has 0 saturated carbocycles. The number of carboxylic acids is 1. The van der Waals surface area contributed by atoms with Crippen molar-refractivity contribution in [2.75, 3.05) is 0 Å². The number of benzene rings is 1. The predicted octanol–water partition coefficient (Wildman–Crippen LogP) is 2.82. The molecular formula is C16H18O5. The van der Waals surface area contributed by atoms with Gasteiger partial charge in [-0.2, -0.15) is 0 Å². The molecule has 0 radical (unpaired) electrons. The molecule has 2 rings (SSSR count). The molecule has 0 amide bonds. The monoisotopic (exact) mass is 290 g/mol. The lowest BCUT2D eigenvalue weighted by atomic mass is 10.0. The third kappa shape index (κ3) is 2.63. The topological polar surface area (TPSA) is 76.7 Å². The Morgan fingerprint density at radius 3 is 2.57 bits per heavy atom. The van der Waals surface area contributed by atoms with Gasteiger partial charge in [0.15, 0.2) is 6.10 Å². The summed E-state index contributed by atoms with van der Waals surface area (Å²) in [6.07, 6.45) is -0.360. The Labute approximate surface area is 122 Å². The highest BCUT2D eigenvalue weighted by atomic mass is 16.5. The fourth-order valence-corrected chi connectivity index (χ4v) is 2.35. The third-order valence-electron chi connectivity index (χ3n) is 3.66. The van der Waals surface area contributed by atoms with E-state index < -0.39 is 12.1 Å². The summed E-state index contributed by atoms with van der Waals surface area (Å²) < 4.78 is 10.8. The third-order valence-corrected chi connectivity index (χ3v) is 3.66. The number of rotatable bonds is 4. The van der Waals surface area contributed by atoms with Crippen LogP contribution in [0.3, 0.4) is 0 Å². The number of carboxylic acid groups (broad SMARTS) is 1. The molecule has 21 heavy (non-hydrogen) atoms. The van der Waals surface area contributed by atoms with Crippen LogP contribution in [0, 0.1) is 13.8 Å². The molecule has 112 valence electrons. The molecule has 0 spiro atoms. The molecule has 0 saturated heterocycles. The van der Waals surface area contributed by atoms with E-state index in [9.17, 15) is 9.59 Å². The molecule has 1 atom stereocenters. The van der Waals surface area contributed by atoms with Crippen molar-refractivity contribution in [1.29, 1.82) is 0 Å². The number of hydrogen-bond donors (Lipinski definition) is 1. The van der Waals surface area contributed by atoms with E-state index in [0.717, 1.165) is 10.9 Å². The van der Waals surface area contributed by atoms with Gasteiger partial charge in [-0.15, -0.1) is 0 Å². The van der Waals surface area contributed by atoms with Crippen LogP contribution in [0.5, 0.6) is 5.75 Å². The van der Waals surface area contributed by atoms with Gasteiger partial charge in [-0.1, -0.05) is 6.92 Å². The summed E-state index contributed by atoms with van der Waals surface area (Å²) in [6.45, 7) is 7.00. The first kappa shape index (κ1) is 15.1. The molecule has 2 aromatic rings. The van der Waals surface area contributed by atoms with Gasteiger partial charge in [0.1, 0.15) is 11.3 Å². The summed E-state index contributed by atoms with van der Waals surface area (Å²) in [5.74, 6) is -0.641. The van der Waals surface area contributed by atoms with E-state index in [1.165, 1.54) is 6.92 Å². The maximum absolute atomic E-state index is 12.0. The minimum absolute atomic E-state index is 0.353. The number of hydrogen-bond acceptors (Lipinski definition) is 4. The second-order valence-corrected chi connectivity index (χ2v) is 5.01. The van der Waals surface area contributed by atoms with Crippen LogP contribution in [0.4, 0.5) is 0 Å². The molecule has 0 aliphatic carbocycles. The van der Waals surface area contributed by atoms with Crippen LogP contribution in [0.25, 0.3) is 11.0 Å². The SMILES string of the molecule is CCc1c(C)c2ccc(OC(C)C(=O)O)c(C)c2oc1=O. The van der Waals surface area contributed by atoms with Crippen molar-refractivity contribution in [3.8, 4) is 5.75 Å². The summed E-state index contributed by atoms with van der Waals surface area (Å²) in [7, 11) is 0. The molecule has 0 fully saturated rings. The Morgan fingerprint density at radius 2 is 2.00 bits per heavy atom. The van der Waals surface area contributed by atoms with Gasteiger partial charge in [-0.25, -0.2) is 9.59 Å². The number of aliphatic carboxylic acids is 1. The second-order valence-electron chi connectivity index (χ2n) is 5.01. The van der Waals surface area contributed by atoms with E-state index in [1.807, 2.05) is 13.8 Å². The normalized spacial score (nSPS) is 12.4. The zero-order valence-corrected chi connectivity index (χ0v) is 12.5. The Balaban J connectivity index is 2.63. The maximum atomic E-state index is 12.0. The van der Waals surface area contributed by atoms with Gasteiger partial charge in [-0.05, 0) is 44.9 Å². The summed E-state index contributed by atoms with van der Waals surface area (Å²) in [5, 5.41) is 9.75. The van der Waals surface area contributed by atoms with Gasteiger partial charge in [-0.3, -0.25) is 0 Å². The quantitative estimate of drug-likeness (QED) is 0.876. The number of fused-ring (bicyclic) bond motifs is 1. The number of carbonyl (C=O) groups is 1. The highest BCUT2D eigenvalue weighted by Gasteiger charge is 2.17. The molecule has 0 aliphatic rings. The largest absolute Gasteiger partial charge is 0.479 e. The Kier molecular flexibility index (Phi) is 4.02. The van der Waals surface area contributed by atoms with Gasteiger partial charge < -0.3 is 14.3 Å². The van der Waals surface area contributed by atoms with Crippen molar-refractivity contribution < 1.29 is 19.1 Å². The minimum atomic E-state index is -1.05. The van der Waals surface area contributed by atoms with E-state index >= 15 is 0 Å². The molecule has 0 aliphatic heterocycles. The van der Waals surface area contributed by atoms with Crippen LogP contribution < -0.4 is 10.4 Å². The van der Waals surface area contributed by atoms with Crippen LogP contribution in [0.1, 0.15) is 30.5 Å². The summed E-state index contributed by atoms with van der Waals surface area (Å²) >= 11 is 0. The van der Waals surface area contributed by atoms with Gasteiger partial charge in [0.05, 0.1) is 0 Å². The first-order chi connectivity index (χ1) is 9.86. The molecule has 5 nitrogen and oxygen atoms in total. The fourth-order valence-electron chi connectivity index (χ4n) is 2.35. The van der Waals surface area contributed by atoms with Crippen molar-refractivity contribution in [1.82, 2.24) is 0 Å². The molecule has 0 bridgehead atoms. The van der Waals surface area contributed by atoms with E-state index in [0.29, 0.717) is 28.9 Å². The average molecular weight is 290 g/mol. The van der Waals surface area contributed by atoms with Crippen molar-refractivity contribution >= 4 is 16.9 Å². The van der Waals surface area contributed by atoms with Crippen LogP contribution in [0.15, 0.2) is 21.3 Å². The van der Waals surface area contributed by atoms with Gasteiger partial charge >= 0.3 is 11.6 Å². The van der Waals surface area contributed by atoms with Crippen molar-refractivity contribution in [2.24, 2.45) is 0 Å². The number of aryl methyl sites for hydroxylation is 2. The standard InChI is InChI=1S/C16H18O5/c1-5-11-8(2)12-6-7-13(20-10(4)15(17)18)9(3)14(12)21-16(11)19/h6-7,10H,5H2,1-4H3,(H,17,18). The molecule has 1 unspecified atom stereocenters. The first-order valence-corrected chi connectivity index (χ1v) is 6.82. The fraction of sp³-hybridized carbons (Fsp3) is 0.375. The Hall–Kier alpha value is -2.30. The molecule has 1 aromatic carbocycles. The molecule has 1 N–H and O–H groups in total. The van der Waals surface area contributed by atoms with Crippen LogP contribution in [0.2, 0.25) is 0 Å². The summed E-state index contributed by atoms with van der Waals surface area (Å²) in [4.78, 5) is 22.8. The van der Waals surface area contributed by atoms with Gasteiger partial charge in [0.2, 0.25) is 0 Å². The predicted molar refractivity (Wildman–Crippen MR) is 79.1 cm³/mol. The van der Waals surface area contributed by atoms with Crippen LogP contribution >= 0.6 is 0 Å². The lowest BCUT2D eigenvalue weighted by Gasteiger charge is -2.15. The van der Waals surface area contributed by atoms with E-state index in [1.54, 1.807) is 19.1 Å². The highest BCUT2D eigenvalue weighted by Crippen LogP contribution is 2.30. The van der Waals surface area contributed by atoms with Gasteiger partial charge in [0.25, 0.3) is 0 Å². The molecule has 1 aromatic heterocycles. The maximum Gasteiger partial charge on any atom is 0.344 e. The van der Waals surface area contributed by atoms with E-state index in [-0.39, 0.29) is 5.63 Å². The van der Waals surface area contributed by atoms with Crippen molar-refractivity contribution in [3.05, 3.63) is 39.2 Å². The van der Waals surface area contributed by atoms with E-state index in [4.69, 9.17) is 14.3 Å². The summed E-state index contributed by atoms with van der Waals surface area (Å²) in [6, 6.07) is 3.51.